The molecular weight excluding hydrogens is 340 g/mol. The van der Waals surface area contributed by atoms with Gasteiger partial charge in [0.25, 0.3) is 5.69 Å². The first-order valence-electron chi connectivity index (χ1n) is 6.85. The Morgan fingerprint density at radius 3 is 3.00 bits per heavy atom. The molecule has 0 saturated carbocycles. The lowest BCUT2D eigenvalue weighted by atomic mass is 9.94. The topological polar surface area (TPSA) is 55.2 Å². The van der Waals surface area contributed by atoms with E-state index in [-0.39, 0.29) is 10.6 Å². The Bertz CT molecular complexity index is 484. The predicted octanol–water partition coefficient (Wildman–Crippen LogP) is 3.63. The zero-order valence-electron chi connectivity index (χ0n) is 11.5. The maximum atomic E-state index is 11.2. The van der Waals surface area contributed by atoms with Gasteiger partial charge in [0.05, 0.1) is 4.92 Å². The number of halogens is 1. The van der Waals surface area contributed by atoms with E-state index in [1.54, 1.807) is 6.07 Å². The second kappa shape index (κ2) is 7.43. The molecule has 0 bridgehead atoms. The molecule has 1 heterocycles. The third-order valence-electron chi connectivity index (χ3n) is 3.58. The van der Waals surface area contributed by atoms with Gasteiger partial charge in [-0.15, -0.1) is 0 Å². The molecule has 2 rings (SSSR count). The maximum absolute atomic E-state index is 11.2. The van der Waals surface area contributed by atoms with E-state index in [0.717, 1.165) is 40.9 Å². The molecule has 1 aromatic rings. The van der Waals surface area contributed by atoms with Gasteiger partial charge in [-0.05, 0) is 37.1 Å². The van der Waals surface area contributed by atoms with E-state index in [0.29, 0.717) is 12.0 Å². The number of thioether (sulfide) groups is 1. The monoisotopic (exact) mass is 358 g/mol. The van der Waals surface area contributed by atoms with Crippen molar-refractivity contribution in [1.29, 1.82) is 0 Å². The van der Waals surface area contributed by atoms with E-state index >= 15 is 0 Å². The van der Waals surface area contributed by atoms with Gasteiger partial charge in [-0.3, -0.25) is 10.1 Å². The summed E-state index contributed by atoms with van der Waals surface area (Å²) < 4.78 is 0.759. The van der Waals surface area contributed by atoms with Crippen molar-refractivity contribution in [3.63, 3.8) is 0 Å². The second-order valence-corrected chi connectivity index (χ2v) is 7.08. The Kier molecular flexibility index (Phi) is 5.86. The number of rotatable bonds is 6. The molecule has 1 aliphatic rings. The first-order chi connectivity index (χ1) is 9.61. The summed E-state index contributed by atoms with van der Waals surface area (Å²) in [7, 11) is 0. The number of hydrogen-bond donors (Lipinski definition) is 1. The van der Waals surface area contributed by atoms with Crippen molar-refractivity contribution in [2.75, 3.05) is 18.1 Å². The largest absolute Gasteiger partial charge is 0.313 e. The van der Waals surface area contributed by atoms with Crippen molar-refractivity contribution in [3.8, 4) is 0 Å². The average Bonchev–Trinajstić information content (AvgIpc) is 2.85. The van der Waals surface area contributed by atoms with Crippen molar-refractivity contribution in [1.82, 2.24) is 5.32 Å². The van der Waals surface area contributed by atoms with Crippen LogP contribution < -0.4 is 5.32 Å². The van der Waals surface area contributed by atoms with Gasteiger partial charge in [0.15, 0.2) is 0 Å². The summed E-state index contributed by atoms with van der Waals surface area (Å²) in [5, 5.41) is 14.7. The lowest BCUT2D eigenvalue weighted by Crippen LogP contribution is -2.36. The molecule has 1 aromatic carbocycles. The van der Waals surface area contributed by atoms with Crippen molar-refractivity contribution < 1.29 is 4.92 Å². The number of nitrogens with one attached hydrogen (secondary N) is 1. The summed E-state index contributed by atoms with van der Waals surface area (Å²) in [6.45, 7) is 3.17. The van der Waals surface area contributed by atoms with E-state index in [2.05, 4.69) is 28.2 Å². The Morgan fingerprint density at radius 1 is 1.50 bits per heavy atom. The summed E-state index contributed by atoms with van der Waals surface area (Å²) in [5.74, 6) is 2.66. The molecule has 110 valence electrons. The van der Waals surface area contributed by atoms with Crippen LogP contribution in [0.15, 0.2) is 22.7 Å². The maximum Gasteiger partial charge on any atom is 0.273 e. The Balaban J connectivity index is 2.11. The van der Waals surface area contributed by atoms with Crippen LogP contribution in [0.25, 0.3) is 0 Å². The third kappa shape index (κ3) is 3.96. The van der Waals surface area contributed by atoms with E-state index in [4.69, 9.17) is 0 Å². The molecule has 1 N–H and O–H groups in total. The molecule has 6 heteroatoms. The fourth-order valence-corrected chi connectivity index (χ4v) is 4.30. The molecule has 1 saturated heterocycles. The van der Waals surface area contributed by atoms with Gasteiger partial charge in [-0.25, -0.2) is 0 Å². The van der Waals surface area contributed by atoms with Gasteiger partial charge >= 0.3 is 0 Å². The first-order valence-corrected chi connectivity index (χ1v) is 8.80. The van der Waals surface area contributed by atoms with Crippen LogP contribution in [0.4, 0.5) is 5.69 Å². The highest BCUT2D eigenvalue weighted by molar-refractivity contribution is 9.10. The quantitative estimate of drug-likeness (QED) is 0.623. The highest BCUT2D eigenvalue weighted by Crippen LogP contribution is 2.31. The van der Waals surface area contributed by atoms with Gasteiger partial charge in [0.1, 0.15) is 0 Å². The standard InChI is InChI=1S/C14H19BrN2O2S/c1-2-5-16-13-9-20-8-11(13)6-10-3-4-12(15)7-14(10)17(18)19/h3-4,7,11,13,16H,2,5-6,8-9H2,1H3. The summed E-state index contributed by atoms with van der Waals surface area (Å²) >= 11 is 5.24. The van der Waals surface area contributed by atoms with Gasteiger partial charge in [0.2, 0.25) is 0 Å². The van der Waals surface area contributed by atoms with Crippen molar-refractivity contribution >= 4 is 33.4 Å². The average molecular weight is 359 g/mol. The van der Waals surface area contributed by atoms with Crippen LogP contribution >= 0.6 is 27.7 Å². The van der Waals surface area contributed by atoms with E-state index in [9.17, 15) is 10.1 Å². The van der Waals surface area contributed by atoms with Crippen LogP contribution in [0.2, 0.25) is 0 Å². The summed E-state index contributed by atoms with van der Waals surface area (Å²) in [5.41, 5.74) is 1.07. The van der Waals surface area contributed by atoms with E-state index in [1.807, 2.05) is 23.9 Å². The van der Waals surface area contributed by atoms with Gasteiger partial charge in [0, 0.05) is 27.9 Å². The molecule has 0 amide bonds. The molecule has 4 nitrogen and oxygen atoms in total. The van der Waals surface area contributed by atoms with Crippen LogP contribution in [-0.4, -0.2) is 29.0 Å². The van der Waals surface area contributed by atoms with Gasteiger partial charge < -0.3 is 5.32 Å². The fraction of sp³-hybridized carbons (Fsp3) is 0.571. The second-order valence-electron chi connectivity index (χ2n) is 5.09. The minimum Gasteiger partial charge on any atom is -0.313 e. The number of benzene rings is 1. The summed E-state index contributed by atoms with van der Waals surface area (Å²) in [4.78, 5) is 10.9. The Labute approximate surface area is 132 Å². The fourth-order valence-electron chi connectivity index (χ4n) is 2.52. The van der Waals surface area contributed by atoms with Crippen molar-refractivity contribution in [2.24, 2.45) is 5.92 Å². The molecule has 0 aromatic heterocycles. The normalized spacial score (nSPS) is 22.1. The highest BCUT2D eigenvalue weighted by Gasteiger charge is 2.29. The summed E-state index contributed by atoms with van der Waals surface area (Å²) in [6, 6.07) is 5.84. The van der Waals surface area contributed by atoms with Gasteiger partial charge in [-0.1, -0.05) is 28.9 Å². The molecule has 0 aliphatic carbocycles. The molecule has 0 spiro atoms. The zero-order chi connectivity index (χ0) is 14.5. The smallest absolute Gasteiger partial charge is 0.273 e. The molecular formula is C14H19BrN2O2S. The molecule has 0 radical (unpaired) electrons. The molecule has 2 unspecified atom stereocenters. The van der Waals surface area contributed by atoms with Crippen molar-refractivity contribution in [2.45, 2.75) is 25.8 Å². The first kappa shape index (κ1) is 15.8. The molecule has 1 fully saturated rings. The Morgan fingerprint density at radius 2 is 2.30 bits per heavy atom. The van der Waals surface area contributed by atoms with Crippen LogP contribution in [0.5, 0.6) is 0 Å². The van der Waals surface area contributed by atoms with Crippen LogP contribution in [0, 0.1) is 16.0 Å². The lowest BCUT2D eigenvalue weighted by molar-refractivity contribution is -0.385. The van der Waals surface area contributed by atoms with Crippen molar-refractivity contribution in [3.05, 3.63) is 38.3 Å². The highest BCUT2D eigenvalue weighted by atomic mass is 79.9. The number of nitro groups is 1. The van der Waals surface area contributed by atoms with Crippen LogP contribution in [-0.2, 0) is 6.42 Å². The molecule has 1 aliphatic heterocycles. The number of nitrogens with zero attached hydrogens (tertiary/aromatic N) is 1. The molecule has 20 heavy (non-hydrogen) atoms. The SMILES string of the molecule is CCCNC1CSCC1Cc1ccc(Br)cc1[N+](=O)[O-]. The molecule has 2 atom stereocenters. The van der Waals surface area contributed by atoms with Crippen LogP contribution in [0.1, 0.15) is 18.9 Å². The third-order valence-corrected chi connectivity index (χ3v) is 5.33. The van der Waals surface area contributed by atoms with E-state index in [1.165, 1.54) is 0 Å². The van der Waals surface area contributed by atoms with Crippen LogP contribution in [0.3, 0.4) is 0 Å². The minimum atomic E-state index is -0.281. The number of hydrogen-bond acceptors (Lipinski definition) is 4. The number of nitro benzene ring substituents is 1. The Hall–Kier alpha value is -0.590. The summed E-state index contributed by atoms with van der Waals surface area (Å²) in [6.07, 6.45) is 1.89. The lowest BCUT2D eigenvalue weighted by Gasteiger charge is -2.20. The minimum absolute atomic E-state index is 0.227. The van der Waals surface area contributed by atoms with E-state index < -0.39 is 0 Å². The zero-order valence-corrected chi connectivity index (χ0v) is 13.9. The van der Waals surface area contributed by atoms with Gasteiger partial charge in [-0.2, -0.15) is 11.8 Å². The predicted molar refractivity (Wildman–Crippen MR) is 87.4 cm³/mol.